The first-order chi connectivity index (χ1) is 14.9. The average Bonchev–Trinajstić information content (AvgIpc) is 2.78. The number of hydrogen-bond donors (Lipinski definition) is 1. The van der Waals surface area contributed by atoms with Gasteiger partial charge in [-0.25, -0.2) is 8.42 Å². The van der Waals surface area contributed by atoms with Gasteiger partial charge in [-0.05, 0) is 53.8 Å². The van der Waals surface area contributed by atoms with Gasteiger partial charge in [0, 0.05) is 19.6 Å². The number of halogens is 1. The molecule has 1 aliphatic heterocycles. The molecule has 0 saturated carbocycles. The SMILES string of the molecule is Cc1ccccc1CNC(=O)c1cc(S(=O)(=O)N2CCc3ccccc3C2)ccc1Cl. The summed E-state index contributed by atoms with van der Waals surface area (Å²) in [5, 5.41) is 3.05. The highest BCUT2D eigenvalue weighted by Crippen LogP contribution is 2.27. The van der Waals surface area contributed by atoms with E-state index in [9.17, 15) is 13.2 Å². The van der Waals surface area contributed by atoms with Gasteiger partial charge in [-0.1, -0.05) is 60.1 Å². The maximum atomic E-state index is 13.3. The van der Waals surface area contributed by atoms with E-state index >= 15 is 0 Å². The third-order valence-electron chi connectivity index (χ3n) is 5.62. The third kappa shape index (κ3) is 4.51. The third-order valence-corrected chi connectivity index (χ3v) is 7.79. The van der Waals surface area contributed by atoms with Crippen LogP contribution in [0.1, 0.15) is 32.6 Å². The van der Waals surface area contributed by atoms with Crippen LogP contribution in [-0.4, -0.2) is 25.2 Å². The fourth-order valence-electron chi connectivity index (χ4n) is 3.74. The first-order valence-electron chi connectivity index (χ1n) is 10.1. The molecule has 0 atom stereocenters. The summed E-state index contributed by atoms with van der Waals surface area (Å²) in [6.45, 7) is 3.02. The number of benzene rings is 3. The van der Waals surface area contributed by atoms with Crippen molar-refractivity contribution >= 4 is 27.5 Å². The monoisotopic (exact) mass is 454 g/mol. The number of carbonyl (C=O) groups is 1. The number of nitrogens with one attached hydrogen (secondary N) is 1. The summed E-state index contributed by atoms with van der Waals surface area (Å²) >= 11 is 6.24. The lowest BCUT2D eigenvalue weighted by Gasteiger charge is -2.28. The van der Waals surface area contributed by atoms with Crippen LogP contribution >= 0.6 is 11.6 Å². The highest BCUT2D eigenvalue weighted by atomic mass is 35.5. The number of aryl methyl sites for hydroxylation is 1. The van der Waals surface area contributed by atoms with E-state index in [1.165, 1.54) is 28.1 Å². The number of rotatable bonds is 5. The first-order valence-corrected chi connectivity index (χ1v) is 11.9. The molecule has 4 rings (SSSR count). The number of sulfonamides is 1. The van der Waals surface area contributed by atoms with E-state index in [1.54, 1.807) is 0 Å². The maximum absolute atomic E-state index is 13.3. The van der Waals surface area contributed by atoms with Gasteiger partial charge in [0.2, 0.25) is 10.0 Å². The zero-order valence-corrected chi connectivity index (χ0v) is 18.7. The van der Waals surface area contributed by atoms with E-state index in [0.717, 1.165) is 16.7 Å². The van der Waals surface area contributed by atoms with E-state index in [-0.39, 0.29) is 15.5 Å². The second kappa shape index (κ2) is 8.83. The Bertz CT molecular complexity index is 1240. The molecule has 5 nitrogen and oxygen atoms in total. The largest absolute Gasteiger partial charge is 0.348 e. The lowest BCUT2D eigenvalue weighted by Crippen LogP contribution is -2.36. The predicted octanol–water partition coefficient (Wildman–Crippen LogP) is 4.33. The molecule has 3 aromatic carbocycles. The quantitative estimate of drug-likeness (QED) is 0.624. The van der Waals surface area contributed by atoms with Gasteiger partial charge >= 0.3 is 0 Å². The zero-order chi connectivity index (χ0) is 22.0. The van der Waals surface area contributed by atoms with Gasteiger partial charge in [0.25, 0.3) is 5.91 Å². The van der Waals surface area contributed by atoms with Crippen molar-refractivity contribution in [1.82, 2.24) is 9.62 Å². The number of fused-ring (bicyclic) bond motifs is 1. The molecule has 1 aliphatic rings. The minimum atomic E-state index is -3.76. The van der Waals surface area contributed by atoms with Gasteiger partial charge in [-0.15, -0.1) is 0 Å². The van der Waals surface area contributed by atoms with E-state index in [2.05, 4.69) is 5.32 Å². The summed E-state index contributed by atoms with van der Waals surface area (Å²) in [6, 6.07) is 19.9. The number of amides is 1. The Morgan fingerprint density at radius 1 is 1.03 bits per heavy atom. The Kier molecular flexibility index (Phi) is 6.14. The van der Waals surface area contributed by atoms with E-state index in [4.69, 9.17) is 11.6 Å². The van der Waals surface area contributed by atoms with Crippen molar-refractivity contribution in [1.29, 1.82) is 0 Å². The Morgan fingerprint density at radius 2 is 1.74 bits per heavy atom. The van der Waals surface area contributed by atoms with Gasteiger partial charge in [0.05, 0.1) is 15.5 Å². The Morgan fingerprint density at radius 3 is 2.52 bits per heavy atom. The molecule has 0 saturated heterocycles. The van der Waals surface area contributed by atoms with Gasteiger partial charge in [0.15, 0.2) is 0 Å². The average molecular weight is 455 g/mol. The van der Waals surface area contributed by atoms with Crippen molar-refractivity contribution in [2.45, 2.75) is 31.3 Å². The molecule has 1 N–H and O–H groups in total. The summed E-state index contributed by atoms with van der Waals surface area (Å²) in [4.78, 5) is 12.8. The van der Waals surface area contributed by atoms with Gasteiger partial charge in [0.1, 0.15) is 0 Å². The van der Waals surface area contributed by atoms with Crippen molar-refractivity contribution in [2.24, 2.45) is 0 Å². The first kappa shape index (κ1) is 21.6. The fraction of sp³-hybridized carbons (Fsp3) is 0.208. The van der Waals surface area contributed by atoms with Gasteiger partial charge < -0.3 is 5.32 Å². The molecule has 0 aliphatic carbocycles. The molecule has 0 radical (unpaired) electrons. The predicted molar refractivity (Wildman–Crippen MR) is 122 cm³/mol. The van der Waals surface area contributed by atoms with Crippen LogP contribution in [0.3, 0.4) is 0 Å². The van der Waals surface area contributed by atoms with Crippen LogP contribution in [0.5, 0.6) is 0 Å². The standard InChI is InChI=1S/C24H23ClN2O3S/c1-17-6-2-3-8-19(17)15-26-24(28)22-14-21(10-11-23(22)25)31(29,30)27-13-12-18-7-4-5-9-20(18)16-27/h2-11,14H,12-13,15-16H2,1H3,(H,26,28). The van der Waals surface area contributed by atoms with Gasteiger partial charge in [-0.3, -0.25) is 4.79 Å². The second-order valence-corrected chi connectivity index (χ2v) is 9.95. The highest BCUT2D eigenvalue weighted by Gasteiger charge is 2.29. The summed E-state index contributed by atoms with van der Waals surface area (Å²) in [7, 11) is -3.76. The highest BCUT2D eigenvalue weighted by molar-refractivity contribution is 7.89. The van der Waals surface area contributed by atoms with Crippen molar-refractivity contribution in [3.63, 3.8) is 0 Å². The lowest BCUT2D eigenvalue weighted by molar-refractivity contribution is 0.0951. The second-order valence-electron chi connectivity index (χ2n) is 7.61. The molecule has 31 heavy (non-hydrogen) atoms. The number of carbonyl (C=O) groups excluding carboxylic acids is 1. The summed E-state index contributed by atoms with van der Waals surface area (Å²) in [6.07, 6.45) is 0.659. The van der Waals surface area contributed by atoms with Crippen molar-refractivity contribution < 1.29 is 13.2 Å². The Labute approximate surface area is 187 Å². The Hall–Kier alpha value is -2.67. The molecular formula is C24H23ClN2O3S. The summed E-state index contributed by atoms with van der Waals surface area (Å²) < 4.78 is 28.0. The fourth-order valence-corrected chi connectivity index (χ4v) is 5.39. The van der Waals surface area contributed by atoms with Crippen LogP contribution in [0.2, 0.25) is 5.02 Å². The lowest BCUT2D eigenvalue weighted by atomic mass is 10.0. The van der Waals surface area contributed by atoms with Crippen LogP contribution in [0, 0.1) is 6.92 Å². The molecule has 0 unspecified atom stereocenters. The molecular weight excluding hydrogens is 432 g/mol. The molecule has 0 aromatic heterocycles. The van der Waals surface area contributed by atoms with Crippen LogP contribution in [0.15, 0.2) is 71.6 Å². The molecule has 0 fully saturated rings. The molecule has 1 amide bonds. The van der Waals surface area contributed by atoms with Crippen LogP contribution in [-0.2, 0) is 29.5 Å². The van der Waals surface area contributed by atoms with E-state index in [1.807, 2.05) is 55.5 Å². The van der Waals surface area contributed by atoms with Crippen LogP contribution in [0.25, 0.3) is 0 Å². The van der Waals surface area contributed by atoms with Crippen molar-refractivity contribution in [3.8, 4) is 0 Å². The zero-order valence-electron chi connectivity index (χ0n) is 17.1. The molecule has 0 bridgehead atoms. The number of nitrogens with zero attached hydrogens (tertiary/aromatic N) is 1. The number of hydrogen-bond acceptors (Lipinski definition) is 3. The molecule has 160 valence electrons. The summed E-state index contributed by atoms with van der Waals surface area (Å²) in [5.41, 5.74) is 4.37. The Balaban J connectivity index is 1.55. The van der Waals surface area contributed by atoms with Crippen molar-refractivity contribution in [3.05, 3.63) is 99.6 Å². The molecule has 1 heterocycles. The normalized spacial score (nSPS) is 14.1. The van der Waals surface area contributed by atoms with Gasteiger partial charge in [-0.2, -0.15) is 4.31 Å². The van der Waals surface area contributed by atoms with E-state index in [0.29, 0.717) is 26.1 Å². The van der Waals surface area contributed by atoms with Crippen LogP contribution < -0.4 is 5.32 Å². The minimum Gasteiger partial charge on any atom is -0.348 e. The van der Waals surface area contributed by atoms with Crippen molar-refractivity contribution in [2.75, 3.05) is 6.54 Å². The minimum absolute atomic E-state index is 0.0670. The molecule has 7 heteroatoms. The topological polar surface area (TPSA) is 66.5 Å². The van der Waals surface area contributed by atoms with Crippen LogP contribution in [0.4, 0.5) is 0 Å². The molecule has 3 aromatic rings. The smallest absolute Gasteiger partial charge is 0.253 e. The summed E-state index contributed by atoms with van der Waals surface area (Å²) in [5.74, 6) is -0.408. The molecule has 0 spiro atoms. The maximum Gasteiger partial charge on any atom is 0.253 e. The van der Waals surface area contributed by atoms with E-state index < -0.39 is 15.9 Å².